The van der Waals surface area contributed by atoms with Gasteiger partial charge in [0, 0.05) is 17.4 Å². The molecule has 0 spiro atoms. The van der Waals surface area contributed by atoms with Gasteiger partial charge in [-0.15, -0.1) is 0 Å². The fourth-order valence-corrected chi connectivity index (χ4v) is 1.25. The van der Waals surface area contributed by atoms with Gasteiger partial charge in [0.15, 0.2) is 0 Å². The minimum atomic E-state index is 0.348. The van der Waals surface area contributed by atoms with Crippen LogP contribution in [0.5, 0.6) is 0 Å². The van der Waals surface area contributed by atoms with E-state index < -0.39 is 0 Å². The molecule has 1 rings (SSSR count). The topological polar surface area (TPSA) is 38.0 Å². The summed E-state index contributed by atoms with van der Waals surface area (Å²) in [6, 6.07) is 0.348. The van der Waals surface area contributed by atoms with E-state index in [2.05, 4.69) is 28.2 Å². The fraction of sp³-hybridized carbons (Fsp3) is 0.429. The molecular weight excluding hydrogens is 192 g/mol. The van der Waals surface area contributed by atoms with Gasteiger partial charge in [0.1, 0.15) is 0 Å². The van der Waals surface area contributed by atoms with Gasteiger partial charge in [-0.05, 0) is 35.9 Å². The van der Waals surface area contributed by atoms with Crippen LogP contribution in [0.3, 0.4) is 0 Å². The van der Waals surface area contributed by atoms with E-state index in [0.29, 0.717) is 6.04 Å². The molecule has 3 heteroatoms. The van der Waals surface area contributed by atoms with Crippen molar-refractivity contribution in [2.24, 2.45) is 5.73 Å². The normalized spacial score (nSPS) is 25.9. The molecule has 0 bridgehead atoms. The minimum Gasteiger partial charge on any atom is -0.398 e. The average Bonchev–Trinajstić information content (AvgIpc) is 1.82. The molecule has 0 fully saturated rings. The van der Waals surface area contributed by atoms with Crippen LogP contribution in [-0.4, -0.2) is 6.04 Å². The molecular formula is C7H11BrN2. The molecule has 0 radical (unpaired) electrons. The standard InChI is InChI=1S/C7H11BrN2/c1-4-3-6(9)7(8)5(2)10-4/h3-4,10H,9H2,1-2H3. The van der Waals surface area contributed by atoms with Gasteiger partial charge in [0.25, 0.3) is 0 Å². The molecule has 1 aliphatic rings. The second-order valence-electron chi connectivity index (χ2n) is 2.49. The maximum absolute atomic E-state index is 5.68. The van der Waals surface area contributed by atoms with Crippen LogP contribution >= 0.6 is 15.9 Å². The van der Waals surface area contributed by atoms with Crippen molar-refractivity contribution in [1.82, 2.24) is 5.32 Å². The Hall–Kier alpha value is -0.440. The zero-order valence-corrected chi connectivity index (χ0v) is 7.70. The molecule has 0 amide bonds. The van der Waals surface area contributed by atoms with E-state index in [1.54, 1.807) is 0 Å². The SMILES string of the molecule is CC1=C(Br)C(N)=CC(C)N1. The number of nitrogens with one attached hydrogen (secondary N) is 1. The van der Waals surface area contributed by atoms with Gasteiger partial charge in [-0.2, -0.15) is 0 Å². The Balaban J connectivity index is 2.90. The second kappa shape index (κ2) is 2.66. The van der Waals surface area contributed by atoms with Gasteiger partial charge >= 0.3 is 0 Å². The predicted molar refractivity (Wildman–Crippen MR) is 46.5 cm³/mol. The molecule has 0 saturated carbocycles. The summed E-state index contributed by atoms with van der Waals surface area (Å²) in [5, 5.41) is 3.24. The molecule has 1 unspecified atom stereocenters. The molecule has 0 aromatic rings. The van der Waals surface area contributed by atoms with E-state index in [9.17, 15) is 0 Å². The number of hydrogen-bond donors (Lipinski definition) is 2. The zero-order chi connectivity index (χ0) is 7.72. The molecule has 0 aliphatic carbocycles. The van der Waals surface area contributed by atoms with Gasteiger partial charge in [-0.3, -0.25) is 0 Å². The molecule has 0 aromatic carbocycles. The van der Waals surface area contributed by atoms with E-state index in [4.69, 9.17) is 5.73 Å². The van der Waals surface area contributed by atoms with Crippen LogP contribution < -0.4 is 11.1 Å². The van der Waals surface area contributed by atoms with Gasteiger partial charge in [-0.25, -0.2) is 0 Å². The van der Waals surface area contributed by atoms with Crippen molar-refractivity contribution in [3.8, 4) is 0 Å². The molecule has 10 heavy (non-hydrogen) atoms. The molecule has 3 N–H and O–H groups in total. The van der Waals surface area contributed by atoms with E-state index >= 15 is 0 Å². The third-order valence-electron chi connectivity index (χ3n) is 1.46. The lowest BCUT2D eigenvalue weighted by molar-refractivity contribution is 0.708. The summed E-state index contributed by atoms with van der Waals surface area (Å²) in [6.45, 7) is 4.07. The zero-order valence-electron chi connectivity index (χ0n) is 6.11. The summed E-state index contributed by atoms with van der Waals surface area (Å²) in [5.41, 5.74) is 7.60. The summed E-state index contributed by atoms with van der Waals surface area (Å²) in [7, 11) is 0. The van der Waals surface area contributed by atoms with E-state index in [0.717, 1.165) is 15.9 Å². The third kappa shape index (κ3) is 1.34. The minimum absolute atomic E-state index is 0.348. The first kappa shape index (κ1) is 7.66. The second-order valence-corrected chi connectivity index (χ2v) is 3.29. The number of dihydropyridines is 1. The van der Waals surface area contributed by atoms with Crippen molar-refractivity contribution in [1.29, 1.82) is 0 Å². The van der Waals surface area contributed by atoms with Gasteiger partial charge in [0.05, 0.1) is 4.48 Å². The number of rotatable bonds is 0. The fourth-order valence-electron chi connectivity index (χ4n) is 1.01. The van der Waals surface area contributed by atoms with Crippen molar-refractivity contribution in [3.63, 3.8) is 0 Å². The van der Waals surface area contributed by atoms with Crippen LogP contribution in [0, 0.1) is 0 Å². The van der Waals surface area contributed by atoms with Gasteiger partial charge in [0.2, 0.25) is 0 Å². The summed E-state index contributed by atoms with van der Waals surface area (Å²) in [5.74, 6) is 0. The number of halogens is 1. The highest BCUT2D eigenvalue weighted by Gasteiger charge is 2.10. The molecule has 0 aromatic heterocycles. The monoisotopic (exact) mass is 202 g/mol. The Morgan fingerprint density at radius 1 is 1.70 bits per heavy atom. The van der Waals surface area contributed by atoms with Crippen molar-refractivity contribution in [3.05, 3.63) is 22.0 Å². The Labute approximate surface area is 69.3 Å². The Bertz CT molecular complexity index is 206. The Morgan fingerprint density at radius 2 is 2.30 bits per heavy atom. The smallest absolute Gasteiger partial charge is 0.0588 e. The van der Waals surface area contributed by atoms with E-state index in [1.165, 1.54) is 0 Å². The van der Waals surface area contributed by atoms with Gasteiger partial charge in [-0.1, -0.05) is 0 Å². The van der Waals surface area contributed by atoms with Crippen LogP contribution in [0.15, 0.2) is 22.0 Å². The summed E-state index contributed by atoms with van der Waals surface area (Å²) in [6.07, 6.45) is 1.98. The number of hydrogen-bond acceptors (Lipinski definition) is 2. The average molecular weight is 203 g/mol. The molecule has 56 valence electrons. The largest absolute Gasteiger partial charge is 0.398 e. The van der Waals surface area contributed by atoms with Crippen molar-refractivity contribution < 1.29 is 0 Å². The van der Waals surface area contributed by atoms with Crippen LogP contribution in [0.2, 0.25) is 0 Å². The lowest BCUT2D eigenvalue weighted by Crippen LogP contribution is -2.28. The molecule has 1 heterocycles. The number of allylic oxidation sites excluding steroid dienone is 2. The van der Waals surface area contributed by atoms with Gasteiger partial charge < -0.3 is 11.1 Å². The predicted octanol–water partition coefficient (Wildman–Crippen LogP) is 1.45. The molecule has 2 nitrogen and oxygen atoms in total. The molecule has 1 aliphatic heterocycles. The van der Waals surface area contributed by atoms with E-state index in [-0.39, 0.29) is 0 Å². The van der Waals surface area contributed by atoms with Crippen LogP contribution in [-0.2, 0) is 0 Å². The lowest BCUT2D eigenvalue weighted by Gasteiger charge is -2.19. The third-order valence-corrected chi connectivity index (χ3v) is 2.51. The van der Waals surface area contributed by atoms with Crippen LogP contribution in [0.25, 0.3) is 0 Å². The lowest BCUT2D eigenvalue weighted by atomic mass is 10.2. The Morgan fingerprint density at radius 3 is 2.80 bits per heavy atom. The highest BCUT2D eigenvalue weighted by Crippen LogP contribution is 2.20. The quantitative estimate of drug-likeness (QED) is 0.625. The highest BCUT2D eigenvalue weighted by atomic mass is 79.9. The summed E-state index contributed by atoms with van der Waals surface area (Å²) in [4.78, 5) is 0. The first-order chi connectivity index (χ1) is 4.61. The highest BCUT2D eigenvalue weighted by molar-refractivity contribution is 9.12. The Kier molecular flexibility index (Phi) is 2.04. The van der Waals surface area contributed by atoms with Crippen LogP contribution in [0.4, 0.5) is 0 Å². The van der Waals surface area contributed by atoms with Crippen molar-refractivity contribution >= 4 is 15.9 Å². The van der Waals surface area contributed by atoms with Crippen LogP contribution in [0.1, 0.15) is 13.8 Å². The maximum Gasteiger partial charge on any atom is 0.0588 e. The first-order valence-corrected chi connectivity index (χ1v) is 4.01. The summed E-state index contributed by atoms with van der Waals surface area (Å²) >= 11 is 3.37. The van der Waals surface area contributed by atoms with Crippen molar-refractivity contribution in [2.45, 2.75) is 19.9 Å². The summed E-state index contributed by atoms with van der Waals surface area (Å²) < 4.78 is 0.977. The maximum atomic E-state index is 5.68. The number of nitrogens with two attached hydrogens (primary N) is 1. The molecule has 0 saturated heterocycles. The van der Waals surface area contributed by atoms with Crippen molar-refractivity contribution in [2.75, 3.05) is 0 Å². The van der Waals surface area contributed by atoms with E-state index in [1.807, 2.05) is 13.0 Å². The molecule has 1 atom stereocenters. The first-order valence-electron chi connectivity index (χ1n) is 3.22.